The topological polar surface area (TPSA) is 66.1 Å². The van der Waals surface area contributed by atoms with Crippen molar-refractivity contribution in [1.82, 2.24) is 4.98 Å². The Labute approximate surface area is 135 Å². The summed E-state index contributed by atoms with van der Waals surface area (Å²) in [5.74, 6) is 0.434. The Morgan fingerprint density at radius 2 is 2.33 bits per heavy atom. The Hall–Kier alpha value is -1.84. The lowest BCUT2D eigenvalue weighted by atomic mass is 10.1. The van der Waals surface area contributed by atoms with E-state index in [1.807, 2.05) is 19.2 Å². The number of phenols is 1. The second kappa shape index (κ2) is 6.74. The fourth-order valence-corrected chi connectivity index (χ4v) is 2.95. The Bertz CT molecular complexity index is 732. The summed E-state index contributed by atoms with van der Waals surface area (Å²) in [5.41, 5.74) is 2.12. The second-order valence-electron chi connectivity index (χ2n) is 4.25. The molecule has 0 unspecified atom stereocenters. The first-order valence-electron chi connectivity index (χ1n) is 6.24. The van der Waals surface area contributed by atoms with Gasteiger partial charge in [-0.15, -0.1) is 11.3 Å². The lowest BCUT2D eigenvalue weighted by Crippen LogP contribution is -1.93. The minimum absolute atomic E-state index is 0.0533. The molecule has 2 rings (SSSR count). The number of thiazole rings is 1. The van der Waals surface area contributed by atoms with Crippen molar-refractivity contribution >= 4 is 38.9 Å². The van der Waals surface area contributed by atoms with Crippen LogP contribution in [0.4, 0.5) is 0 Å². The molecule has 0 aliphatic heterocycles. The summed E-state index contributed by atoms with van der Waals surface area (Å²) in [6, 6.07) is 5.58. The predicted molar refractivity (Wildman–Crippen MR) is 87.3 cm³/mol. The van der Waals surface area contributed by atoms with Crippen LogP contribution in [0.2, 0.25) is 0 Å². The van der Waals surface area contributed by atoms with Crippen molar-refractivity contribution in [2.45, 2.75) is 13.8 Å². The van der Waals surface area contributed by atoms with Gasteiger partial charge in [0, 0.05) is 11.1 Å². The van der Waals surface area contributed by atoms with Crippen LogP contribution in [0.3, 0.4) is 0 Å². The zero-order valence-corrected chi connectivity index (χ0v) is 14.0. The molecular weight excluding hydrogens is 352 g/mol. The van der Waals surface area contributed by atoms with Gasteiger partial charge in [-0.2, -0.15) is 5.26 Å². The van der Waals surface area contributed by atoms with Gasteiger partial charge < -0.3 is 9.84 Å². The number of benzene rings is 1. The number of hydrogen-bond acceptors (Lipinski definition) is 5. The van der Waals surface area contributed by atoms with Gasteiger partial charge in [0.25, 0.3) is 0 Å². The van der Waals surface area contributed by atoms with Gasteiger partial charge in [-0.3, -0.25) is 0 Å². The van der Waals surface area contributed by atoms with Crippen LogP contribution in [-0.4, -0.2) is 16.7 Å². The summed E-state index contributed by atoms with van der Waals surface area (Å²) in [4.78, 5) is 4.31. The van der Waals surface area contributed by atoms with Gasteiger partial charge >= 0.3 is 0 Å². The molecule has 0 radical (unpaired) electrons. The maximum Gasteiger partial charge on any atom is 0.172 e. The van der Waals surface area contributed by atoms with Crippen molar-refractivity contribution in [3.63, 3.8) is 0 Å². The van der Waals surface area contributed by atoms with Crippen molar-refractivity contribution in [2.24, 2.45) is 0 Å². The molecule has 0 saturated carbocycles. The number of phenolic OH excluding ortho intramolecular Hbond substituents is 1. The largest absolute Gasteiger partial charge is 0.503 e. The van der Waals surface area contributed by atoms with E-state index in [1.165, 1.54) is 11.3 Å². The monoisotopic (exact) mass is 364 g/mol. The van der Waals surface area contributed by atoms with Gasteiger partial charge in [0.2, 0.25) is 0 Å². The quantitative estimate of drug-likeness (QED) is 0.817. The molecule has 0 aliphatic rings. The zero-order valence-electron chi connectivity index (χ0n) is 11.6. The first-order chi connectivity index (χ1) is 10.0. The lowest BCUT2D eigenvalue weighted by Gasteiger charge is -2.08. The Kier molecular flexibility index (Phi) is 4.99. The number of aryl methyl sites for hydroxylation is 1. The van der Waals surface area contributed by atoms with Crippen molar-refractivity contribution < 1.29 is 9.84 Å². The summed E-state index contributed by atoms with van der Waals surface area (Å²) in [6.45, 7) is 4.18. The van der Waals surface area contributed by atoms with E-state index < -0.39 is 0 Å². The predicted octanol–water partition coefficient (Wildman–Crippen LogP) is 4.38. The van der Waals surface area contributed by atoms with E-state index in [-0.39, 0.29) is 5.75 Å². The highest BCUT2D eigenvalue weighted by Gasteiger charge is 2.10. The number of allylic oxidation sites excluding steroid dienone is 1. The molecule has 0 bridgehead atoms. The summed E-state index contributed by atoms with van der Waals surface area (Å²) in [5, 5.41) is 21.8. The number of aromatic nitrogens is 1. The summed E-state index contributed by atoms with van der Waals surface area (Å²) in [7, 11) is 0. The zero-order chi connectivity index (χ0) is 15.4. The standard InChI is InChI=1S/C15H13BrN2O2S/c1-3-20-13-6-10(5-12(16)14(13)19)4-11(7-17)15-18-9(2)8-21-15/h4-6,8,19H,3H2,1-2H3. The fraction of sp³-hybridized carbons (Fsp3) is 0.200. The molecule has 4 nitrogen and oxygen atoms in total. The molecule has 0 atom stereocenters. The van der Waals surface area contributed by atoms with E-state index in [9.17, 15) is 10.4 Å². The number of nitriles is 1. The van der Waals surface area contributed by atoms with Crippen LogP contribution >= 0.6 is 27.3 Å². The molecule has 2 aromatic rings. The molecule has 0 spiro atoms. The molecule has 21 heavy (non-hydrogen) atoms. The van der Waals surface area contributed by atoms with E-state index in [4.69, 9.17) is 4.74 Å². The van der Waals surface area contributed by atoms with Crippen LogP contribution in [0.1, 0.15) is 23.2 Å². The van der Waals surface area contributed by atoms with Gasteiger partial charge in [-0.25, -0.2) is 4.98 Å². The molecule has 1 N–H and O–H groups in total. The number of hydrogen-bond donors (Lipinski definition) is 1. The lowest BCUT2D eigenvalue weighted by molar-refractivity contribution is 0.317. The van der Waals surface area contributed by atoms with Crippen LogP contribution < -0.4 is 4.74 Å². The molecule has 0 saturated heterocycles. The minimum Gasteiger partial charge on any atom is -0.503 e. The van der Waals surface area contributed by atoms with E-state index in [0.29, 0.717) is 27.4 Å². The SMILES string of the molecule is CCOc1cc(C=C(C#N)c2nc(C)cs2)cc(Br)c1O. The van der Waals surface area contributed by atoms with Gasteiger partial charge in [0.15, 0.2) is 11.5 Å². The molecule has 6 heteroatoms. The van der Waals surface area contributed by atoms with Crippen molar-refractivity contribution in [3.8, 4) is 17.6 Å². The summed E-state index contributed by atoms with van der Waals surface area (Å²) < 4.78 is 5.90. The maximum atomic E-state index is 9.90. The van der Waals surface area contributed by atoms with Crippen LogP contribution in [0.5, 0.6) is 11.5 Å². The molecule has 0 fully saturated rings. The van der Waals surface area contributed by atoms with Crippen LogP contribution in [0.15, 0.2) is 22.0 Å². The number of aromatic hydroxyl groups is 1. The number of ether oxygens (including phenoxy) is 1. The van der Waals surface area contributed by atoms with Crippen LogP contribution in [0.25, 0.3) is 11.6 Å². The van der Waals surface area contributed by atoms with E-state index in [1.54, 1.807) is 18.2 Å². The first kappa shape index (κ1) is 15.5. The van der Waals surface area contributed by atoms with Crippen molar-refractivity contribution in [3.05, 3.63) is 38.3 Å². The van der Waals surface area contributed by atoms with Crippen LogP contribution in [-0.2, 0) is 0 Å². The van der Waals surface area contributed by atoms with E-state index in [2.05, 4.69) is 27.0 Å². The third-order valence-corrected chi connectivity index (χ3v) is 4.23. The van der Waals surface area contributed by atoms with Crippen molar-refractivity contribution in [2.75, 3.05) is 6.61 Å². The first-order valence-corrected chi connectivity index (χ1v) is 7.92. The fourth-order valence-electron chi connectivity index (χ4n) is 1.73. The number of halogens is 1. The number of nitrogens with zero attached hydrogens (tertiary/aromatic N) is 2. The Morgan fingerprint density at radius 3 is 2.90 bits per heavy atom. The Morgan fingerprint density at radius 1 is 1.57 bits per heavy atom. The molecular formula is C15H13BrN2O2S. The Balaban J connectivity index is 2.46. The summed E-state index contributed by atoms with van der Waals surface area (Å²) >= 11 is 4.71. The highest BCUT2D eigenvalue weighted by molar-refractivity contribution is 9.10. The van der Waals surface area contributed by atoms with Gasteiger partial charge in [0.1, 0.15) is 11.1 Å². The molecule has 0 amide bonds. The van der Waals surface area contributed by atoms with Crippen LogP contribution in [0, 0.1) is 18.3 Å². The normalized spacial score (nSPS) is 11.2. The minimum atomic E-state index is 0.0533. The van der Waals surface area contributed by atoms with E-state index in [0.717, 1.165) is 11.3 Å². The molecule has 1 heterocycles. The maximum absolute atomic E-state index is 9.90. The second-order valence-corrected chi connectivity index (χ2v) is 5.96. The van der Waals surface area contributed by atoms with Crippen molar-refractivity contribution in [1.29, 1.82) is 5.26 Å². The highest BCUT2D eigenvalue weighted by Crippen LogP contribution is 2.36. The third-order valence-electron chi connectivity index (χ3n) is 2.63. The molecule has 0 aliphatic carbocycles. The van der Waals surface area contributed by atoms with E-state index >= 15 is 0 Å². The number of rotatable bonds is 4. The van der Waals surface area contributed by atoms with Gasteiger partial charge in [-0.1, -0.05) is 0 Å². The van der Waals surface area contributed by atoms with Gasteiger partial charge in [-0.05, 0) is 53.5 Å². The highest BCUT2D eigenvalue weighted by atomic mass is 79.9. The summed E-state index contributed by atoms with van der Waals surface area (Å²) in [6.07, 6.45) is 1.73. The average molecular weight is 365 g/mol. The molecule has 1 aromatic heterocycles. The molecule has 1 aromatic carbocycles. The van der Waals surface area contributed by atoms with Gasteiger partial charge in [0.05, 0.1) is 16.7 Å². The smallest absolute Gasteiger partial charge is 0.172 e. The third kappa shape index (κ3) is 3.63. The molecule has 108 valence electrons. The average Bonchev–Trinajstić information content (AvgIpc) is 2.88.